The van der Waals surface area contributed by atoms with Gasteiger partial charge in [0.25, 0.3) is 0 Å². The van der Waals surface area contributed by atoms with Crippen LogP contribution < -0.4 is 10.2 Å². The molecule has 21 heavy (non-hydrogen) atoms. The van der Waals surface area contributed by atoms with Crippen molar-refractivity contribution < 1.29 is 0 Å². The quantitative estimate of drug-likeness (QED) is 0.943. The molecule has 0 aliphatic carbocycles. The van der Waals surface area contributed by atoms with E-state index >= 15 is 0 Å². The Labute approximate surface area is 130 Å². The Hall–Kier alpha value is -1.65. The van der Waals surface area contributed by atoms with Crippen LogP contribution in [0.3, 0.4) is 0 Å². The Morgan fingerprint density at radius 1 is 1.29 bits per heavy atom. The summed E-state index contributed by atoms with van der Waals surface area (Å²) in [5.74, 6) is 1.10. The number of anilines is 1. The van der Waals surface area contributed by atoms with Crippen LogP contribution in [0.1, 0.15) is 12.0 Å². The first-order chi connectivity index (χ1) is 10.3. The molecule has 2 aromatic rings. The molecule has 0 amide bonds. The summed E-state index contributed by atoms with van der Waals surface area (Å²) < 4.78 is 0. The van der Waals surface area contributed by atoms with Gasteiger partial charge >= 0.3 is 0 Å². The first kappa shape index (κ1) is 14.3. The molecule has 0 fully saturated rings. The third-order valence-corrected chi connectivity index (χ3v) is 4.05. The van der Waals surface area contributed by atoms with Gasteiger partial charge in [-0.3, -0.25) is 4.98 Å². The Bertz CT molecular complexity index is 612. The Kier molecular flexibility index (Phi) is 4.36. The van der Waals surface area contributed by atoms with E-state index in [1.165, 1.54) is 11.1 Å². The molecule has 1 N–H and O–H groups in total. The van der Waals surface area contributed by atoms with E-state index in [9.17, 15) is 0 Å². The summed E-state index contributed by atoms with van der Waals surface area (Å²) in [7, 11) is 1.98. The summed E-state index contributed by atoms with van der Waals surface area (Å²) >= 11 is 5.93. The highest BCUT2D eigenvalue weighted by atomic mass is 35.5. The molecule has 0 bridgehead atoms. The van der Waals surface area contributed by atoms with E-state index in [1.54, 1.807) is 6.20 Å². The second-order valence-corrected chi connectivity index (χ2v) is 5.65. The topological polar surface area (TPSA) is 41.0 Å². The Morgan fingerprint density at radius 2 is 2.19 bits per heavy atom. The van der Waals surface area contributed by atoms with Crippen LogP contribution in [0.15, 0.2) is 30.6 Å². The second-order valence-electron chi connectivity index (χ2n) is 5.22. The fourth-order valence-electron chi connectivity index (χ4n) is 2.79. The van der Waals surface area contributed by atoms with Crippen molar-refractivity contribution in [2.45, 2.75) is 12.8 Å². The summed E-state index contributed by atoms with van der Waals surface area (Å²) in [5, 5.41) is 3.87. The smallest absolute Gasteiger partial charge is 0.132 e. The number of nitrogens with zero attached hydrogens (tertiary/aromatic N) is 3. The predicted octanol–water partition coefficient (Wildman–Crippen LogP) is 2.77. The molecule has 2 aromatic heterocycles. The zero-order valence-corrected chi connectivity index (χ0v) is 12.9. The van der Waals surface area contributed by atoms with E-state index in [0.717, 1.165) is 44.0 Å². The van der Waals surface area contributed by atoms with E-state index in [1.807, 2.05) is 25.4 Å². The van der Waals surface area contributed by atoms with Crippen LogP contribution in [-0.2, 0) is 6.42 Å². The van der Waals surface area contributed by atoms with Crippen molar-refractivity contribution in [2.24, 2.45) is 0 Å². The number of pyridine rings is 2. The van der Waals surface area contributed by atoms with Crippen LogP contribution in [-0.4, -0.2) is 36.6 Å². The molecule has 110 valence electrons. The largest absolute Gasteiger partial charge is 0.355 e. The molecule has 0 saturated heterocycles. The number of aromatic nitrogens is 2. The fraction of sp³-hybridized carbons (Fsp3) is 0.375. The first-order valence-electron chi connectivity index (χ1n) is 7.29. The predicted molar refractivity (Wildman–Crippen MR) is 86.9 cm³/mol. The minimum atomic E-state index is 0.664. The summed E-state index contributed by atoms with van der Waals surface area (Å²) in [5.41, 5.74) is 3.44. The van der Waals surface area contributed by atoms with E-state index in [2.05, 4.69) is 26.3 Å². The molecule has 0 aromatic carbocycles. The van der Waals surface area contributed by atoms with Gasteiger partial charge in [-0.1, -0.05) is 11.6 Å². The number of hydrogen-bond donors (Lipinski definition) is 1. The van der Waals surface area contributed by atoms with Gasteiger partial charge in [0.15, 0.2) is 0 Å². The van der Waals surface area contributed by atoms with Crippen molar-refractivity contribution >= 4 is 17.4 Å². The number of likely N-dealkylation sites (N-methyl/N-ethyl adjacent to an activating group) is 1. The molecule has 0 saturated carbocycles. The van der Waals surface area contributed by atoms with Gasteiger partial charge in [-0.2, -0.15) is 0 Å². The molecule has 5 heteroatoms. The maximum atomic E-state index is 5.93. The minimum absolute atomic E-state index is 0.664. The molecule has 3 rings (SSSR count). The van der Waals surface area contributed by atoms with Crippen LogP contribution in [0.25, 0.3) is 11.3 Å². The third kappa shape index (κ3) is 3.01. The first-order valence-corrected chi connectivity index (χ1v) is 7.67. The van der Waals surface area contributed by atoms with Gasteiger partial charge in [0, 0.05) is 43.2 Å². The van der Waals surface area contributed by atoms with Crippen molar-refractivity contribution in [1.29, 1.82) is 0 Å². The highest BCUT2D eigenvalue weighted by molar-refractivity contribution is 6.30. The number of fused-ring (bicyclic) bond motifs is 1. The van der Waals surface area contributed by atoms with E-state index in [4.69, 9.17) is 11.6 Å². The molecule has 3 heterocycles. The lowest BCUT2D eigenvalue weighted by Gasteiger charge is -2.31. The number of halogens is 1. The van der Waals surface area contributed by atoms with Gasteiger partial charge in [-0.15, -0.1) is 0 Å². The number of hydrogen-bond acceptors (Lipinski definition) is 4. The van der Waals surface area contributed by atoms with Crippen molar-refractivity contribution in [3.8, 4) is 11.3 Å². The monoisotopic (exact) mass is 302 g/mol. The van der Waals surface area contributed by atoms with Gasteiger partial charge in [0.2, 0.25) is 0 Å². The molecular formula is C16H19ClN4. The Morgan fingerprint density at radius 3 is 2.95 bits per heavy atom. The third-order valence-electron chi connectivity index (χ3n) is 3.82. The summed E-state index contributed by atoms with van der Waals surface area (Å²) in [6, 6.07) is 5.92. The second kappa shape index (κ2) is 6.41. The maximum absolute atomic E-state index is 5.93. The van der Waals surface area contributed by atoms with Crippen molar-refractivity contribution in [1.82, 2.24) is 15.3 Å². The van der Waals surface area contributed by atoms with E-state index < -0.39 is 0 Å². The zero-order chi connectivity index (χ0) is 14.7. The van der Waals surface area contributed by atoms with E-state index in [0.29, 0.717) is 5.02 Å². The number of nitrogens with one attached hydrogen (secondary N) is 1. The van der Waals surface area contributed by atoms with Crippen molar-refractivity contribution in [3.05, 3.63) is 41.2 Å². The number of rotatable bonds is 4. The average Bonchev–Trinajstić information content (AvgIpc) is 2.53. The van der Waals surface area contributed by atoms with Gasteiger partial charge < -0.3 is 10.2 Å². The maximum Gasteiger partial charge on any atom is 0.132 e. The molecule has 0 radical (unpaired) electrons. The highest BCUT2D eigenvalue weighted by Gasteiger charge is 2.21. The lowest BCUT2D eigenvalue weighted by molar-refractivity contribution is 0.655. The molecule has 1 aliphatic heterocycles. The van der Waals surface area contributed by atoms with Crippen LogP contribution in [0, 0.1) is 0 Å². The Balaban J connectivity index is 1.98. The summed E-state index contributed by atoms with van der Waals surface area (Å²) in [6.07, 6.45) is 5.79. The van der Waals surface area contributed by atoms with Crippen molar-refractivity contribution in [3.63, 3.8) is 0 Å². The summed E-state index contributed by atoms with van der Waals surface area (Å²) in [4.78, 5) is 11.4. The molecule has 0 unspecified atom stereocenters. The normalized spacial score (nSPS) is 14.1. The van der Waals surface area contributed by atoms with Gasteiger partial charge in [-0.05, 0) is 38.1 Å². The molecular weight excluding hydrogens is 284 g/mol. The van der Waals surface area contributed by atoms with Gasteiger partial charge in [0.05, 0.1) is 10.7 Å². The van der Waals surface area contributed by atoms with Crippen molar-refractivity contribution in [2.75, 3.05) is 31.6 Å². The lowest BCUT2D eigenvalue weighted by atomic mass is 9.97. The molecule has 4 nitrogen and oxygen atoms in total. The minimum Gasteiger partial charge on any atom is -0.355 e. The van der Waals surface area contributed by atoms with Gasteiger partial charge in [-0.25, -0.2) is 4.98 Å². The summed E-state index contributed by atoms with van der Waals surface area (Å²) in [6.45, 7) is 3.01. The average molecular weight is 303 g/mol. The molecule has 0 spiro atoms. The van der Waals surface area contributed by atoms with Crippen LogP contribution in [0.5, 0.6) is 0 Å². The standard InChI is InChI=1S/C16H19ClN4/c1-18-8-10-21-9-2-3-14-13(6-7-19-16(14)21)15-5-4-12(17)11-20-15/h4-7,11,18H,2-3,8-10H2,1H3. The highest BCUT2D eigenvalue weighted by Crippen LogP contribution is 2.32. The zero-order valence-electron chi connectivity index (χ0n) is 12.1. The SMILES string of the molecule is CNCCN1CCCc2c(-c3ccc(Cl)cn3)ccnc21. The van der Waals surface area contributed by atoms with Crippen LogP contribution in [0.2, 0.25) is 5.02 Å². The lowest BCUT2D eigenvalue weighted by Crippen LogP contribution is -2.35. The van der Waals surface area contributed by atoms with Crippen LogP contribution >= 0.6 is 11.6 Å². The molecule has 0 atom stereocenters. The van der Waals surface area contributed by atoms with Gasteiger partial charge in [0.1, 0.15) is 5.82 Å². The molecule has 1 aliphatic rings. The van der Waals surface area contributed by atoms with Crippen LogP contribution in [0.4, 0.5) is 5.82 Å². The fourth-order valence-corrected chi connectivity index (χ4v) is 2.90. The van der Waals surface area contributed by atoms with E-state index in [-0.39, 0.29) is 0 Å².